The number of thioether (sulfide) groups is 1. The van der Waals surface area contributed by atoms with Gasteiger partial charge in [0.25, 0.3) is 0 Å². The molecule has 22 heavy (non-hydrogen) atoms. The van der Waals surface area contributed by atoms with E-state index in [4.69, 9.17) is 0 Å². The molecule has 6 heteroatoms. The van der Waals surface area contributed by atoms with E-state index >= 15 is 0 Å². The van der Waals surface area contributed by atoms with Crippen molar-refractivity contribution in [1.29, 1.82) is 0 Å². The molecule has 2 rings (SSSR count). The van der Waals surface area contributed by atoms with E-state index < -0.39 is 5.97 Å². The number of rotatable bonds is 6. The predicted octanol–water partition coefficient (Wildman–Crippen LogP) is 3.71. The standard InChI is InChI=1S/C16H19N3O2S/c1-4-14-17-16(19-18-14)22-13(15(20)21)9-11-5-7-12(8-6-11)10(2)3/h5-10H,4H2,1-3H3,(H,20,21)(H,17,18,19)/b13-9-. The number of hydrogen-bond acceptors (Lipinski definition) is 4. The zero-order valence-corrected chi connectivity index (χ0v) is 13.6. The summed E-state index contributed by atoms with van der Waals surface area (Å²) in [6, 6.07) is 7.88. The smallest absolute Gasteiger partial charge is 0.342 e. The molecule has 0 atom stereocenters. The summed E-state index contributed by atoms with van der Waals surface area (Å²) in [5.74, 6) is 0.210. The van der Waals surface area contributed by atoms with Crippen LogP contribution in [0.25, 0.3) is 6.08 Å². The van der Waals surface area contributed by atoms with Crippen LogP contribution in [0.4, 0.5) is 0 Å². The van der Waals surface area contributed by atoms with Crippen molar-refractivity contribution in [3.05, 3.63) is 46.1 Å². The molecule has 0 saturated carbocycles. The van der Waals surface area contributed by atoms with E-state index in [1.807, 2.05) is 31.2 Å². The van der Waals surface area contributed by atoms with Crippen LogP contribution in [0.2, 0.25) is 0 Å². The van der Waals surface area contributed by atoms with Crippen LogP contribution in [0, 0.1) is 0 Å². The summed E-state index contributed by atoms with van der Waals surface area (Å²) in [5.41, 5.74) is 2.07. The Hall–Kier alpha value is -2.08. The van der Waals surface area contributed by atoms with Crippen molar-refractivity contribution >= 4 is 23.8 Å². The maximum absolute atomic E-state index is 11.4. The average molecular weight is 317 g/mol. The molecular weight excluding hydrogens is 298 g/mol. The molecule has 0 bridgehead atoms. The lowest BCUT2D eigenvalue weighted by molar-refractivity contribution is -0.131. The van der Waals surface area contributed by atoms with Gasteiger partial charge in [-0.2, -0.15) is 0 Å². The lowest BCUT2D eigenvalue weighted by atomic mass is 10.0. The van der Waals surface area contributed by atoms with E-state index in [0.717, 1.165) is 29.6 Å². The van der Waals surface area contributed by atoms with E-state index in [9.17, 15) is 9.90 Å². The second-order valence-electron chi connectivity index (χ2n) is 5.16. The molecule has 0 fully saturated rings. The highest BCUT2D eigenvalue weighted by atomic mass is 32.2. The molecule has 0 saturated heterocycles. The van der Waals surface area contributed by atoms with E-state index in [1.165, 1.54) is 5.56 Å². The van der Waals surface area contributed by atoms with Gasteiger partial charge >= 0.3 is 5.97 Å². The molecule has 1 aromatic heterocycles. The molecule has 2 aromatic rings. The van der Waals surface area contributed by atoms with E-state index in [1.54, 1.807) is 6.08 Å². The lowest BCUT2D eigenvalue weighted by Crippen LogP contribution is -1.97. The Bertz CT molecular complexity index is 675. The maximum Gasteiger partial charge on any atom is 0.342 e. The molecular formula is C16H19N3O2S. The highest BCUT2D eigenvalue weighted by molar-refractivity contribution is 8.04. The number of H-pyrrole nitrogens is 1. The van der Waals surface area contributed by atoms with Crippen LogP contribution in [-0.2, 0) is 11.2 Å². The molecule has 1 aromatic carbocycles. The first-order chi connectivity index (χ1) is 10.5. The number of carboxylic acids is 1. The molecule has 0 aliphatic rings. The summed E-state index contributed by atoms with van der Waals surface area (Å²) in [4.78, 5) is 15.8. The van der Waals surface area contributed by atoms with Gasteiger partial charge in [-0.25, -0.2) is 9.78 Å². The fourth-order valence-electron chi connectivity index (χ4n) is 1.84. The number of aromatic nitrogens is 3. The van der Waals surface area contributed by atoms with Crippen LogP contribution in [0.3, 0.4) is 0 Å². The Morgan fingerprint density at radius 2 is 2.05 bits per heavy atom. The first-order valence-electron chi connectivity index (χ1n) is 7.13. The zero-order chi connectivity index (χ0) is 16.1. The molecule has 0 aliphatic carbocycles. The fourth-order valence-corrected chi connectivity index (χ4v) is 2.57. The summed E-state index contributed by atoms with van der Waals surface area (Å²) in [6.45, 7) is 6.20. The van der Waals surface area contributed by atoms with E-state index in [2.05, 4.69) is 29.0 Å². The van der Waals surface area contributed by atoms with Crippen LogP contribution in [0.1, 0.15) is 43.6 Å². The number of benzene rings is 1. The highest BCUT2D eigenvalue weighted by Crippen LogP contribution is 2.26. The third kappa shape index (κ3) is 4.21. The topological polar surface area (TPSA) is 78.9 Å². The quantitative estimate of drug-likeness (QED) is 0.627. The Balaban J connectivity index is 2.21. The summed E-state index contributed by atoms with van der Waals surface area (Å²) >= 11 is 1.05. The van der Waals surface area contributed by atoms with Gasteiger partial charge in [0.1, 0.15) is 10.7 Å². The Kier molecular flexibility index (Phi) is 5.38. The molecule has 116 valence electrons. The summed E-state index contributed by atoms with van der Waals surface area (Å²) < 4.78 is 0. The first kappa shape index (κ1) is 16.3. The summed E-state index contributed by atoms with van der Waals surface area (Å²) in [7, 11) is 0. The Morgan fingerprint density at radius 1 is 1.36 bits per heavy atom. The van der Waals surface area contributed by atoms with Crippen molar-refractivity contribution < 1.29 is 9.90 Å². The molecule has 1 heterocycles. The SMILES string of the molecule is CCc1nc(S/C(=C\c2ccc(C(C)C)cc2)C(=O)O)n[nH]1. The van der Waals surface area contributed by atoms with Crippen LogP contribution < -0.4 is 0 Å². The number of nitrogens with zero attached hydrogens (tertiary/aromatic N) is 2. The van der Waals surface area contributed by atoms with Gasteiger partial charge < -0.3 is 5.11 Å². The van der Waals surface area contributed by atoms with Crippen LogP contribution in [-0.4, -0.2) is 26.3 Å². The number of aromatic amines is 1. The van der Waals surface area contributed by atoms with Gasteiger partial charge in [0.05, 0.1) is 0 Å². The second kappa shape index (κ2) is 7.26. The van der Waals surface area contributed by atoms with Gasteiger partial charge in [0, 0.05) is 6.42 Å². The van der Waals surface area contributed by atoms with Crippen LogP contribution in [0.5, 0.6) is 0 Å². The second-order valence-corrected chi connectivity index (χ2v) is 6.16. The average Bonchev–Trinajstić information content (AvgIpc) is 2.94. The van der Waals surface area contributed by atoms with Crippen molar-refractivity contribution in [3.63, 3.8) is 0 Å². The molecule has 0 aliphatic heterocycles. The number of nitrogens with one attached hydrogen (secondary N) is 1. The van der Waals surface area contributed by atoms with Crippen molar-refractivity contribution in [1.82, 2.24) is 15.2 Å². The zero-order valence-electron chi connectivity index (χ0n) is 12.8. The minimum atomic E-state index is -0.985. The van der Waals surface area contributed by atoms with Gasteiger partial charge in [-0.3, -0.25) is 5.10 Å². The minimum Gasteiger partial charge on any atom is -0.477 e. The monoisotopic (exact) mass is 317 g/mol. The normalized spacial score (nSPS) is 11.9. The lowest BCUT2D eigenvalue weighted by Gasteiger charge is -2.05. The number of carboxylic acid groups (broad SMARTS) is 1. The molecule has 2 N–H and O–H groups in total. The Labute approximate surface area is 133 Å². The summed E-state index contributed by atoms with van der Waals surface area (Å²) in [6.07, 6.45) is 2.37. The third-order valence-electron chi connectivity index (χ3n) is 3.16. The van der Waals surface area contributed by atoms with Gasteiger partial charge in [-0.15, -0.1) is 5.10 Å². The largest absolute Gasteiger partial charge is 0.477 e. The molecule has 5 nitrogen and oxygen atoms in total. The third-order valence-corrected chi connectivity index (χ3v) is 4.04. The predicted molar refractivity (Wildman–Crippen MR) is 87.8 cm³/mol. The molecule has 0 radical (unpaired) electrons. The van der Waals surface area contributed by atoms with Gasteiger partial charge in [0.2, 0.25) is 5.16 Å². The minimum absolute atomic E-state index is 0.193. The van der Waals surface area contributed by atoms with Gasteiger partial charge in [-0.1, -0.05) is 45.0 Å². The van der Waals surface area contributed by atoms with Crippen molar-refractivity contribution in [3.8, 4) is 0 Å². The number of aryl methyl sites for hydroxylation is 1. The fraction of sp³-hybridized carbons (Fsp3) is 0.312. The molecule has 0 unspecified atom stereocenters. The molecule has 0 amide bonds. The van der Waals surface area contributed by atoms with Crippen molar-refractivity contribution in [2.24, 2.45) is 0 Å². The van der Waals surface area contributed by atoms with Crippen LogP contribution in [0.15, 0.2) is 34.3 Å². The van der Waals surface area contributed by atoms with Gasteiger partial charge in [0.15, 0.2) is 0 Å². The van der Waals surface area contributed by atoms with Crippen LogP contribution >= 0.6 is 11.8 Å². The van der Waals surface area contributed by atoms with E-state index in [-0.39, 0.29) is 4.91 Å². The molecule has 0 spiro atoms. The summed E-state index contributed by atoms with van der Waals surface area (Å²) in [5, 5.41) is 16.6. The first-order valence-corrected chi connectivity index (χ1v) is 7.95. The Morgan fingerprint density at radius 3 is 2.55 bits per heavy atom. The van der Waals surface area contributed by atoms with Gasteiger partial charge in [-0.05, 0) is 34.9 Å². The van der Waals surface area contributed by atoms with Crippen molar-refractivity contribution in [2.75, 3.05) is 0 Å². The van der Waals surface area contributed by atoms with Crippen molar-refractivity contribution in [2.45, 2.75) is 38.3 Å². The number of aliphatic carboxylic acids is 1. The maximum atomic E-state index is 11.4. The number of hydrogen-bond donors (Lipinski definition) is 2. The van der Waals surface area contributed by atoms with E-state index in [0.29, 0.717) is 11.1 Å². The highest BCUT2D eigenvalue weighted by Gasteiger charge is 2.13. The number of carbonyl (C=O) groups is 1.